The molecule has 12 heteroatoms. The Morgan fingerprint density at radius 2 is 1.83 bits per heavy atom. The van der Waals surface area contributed by atoms with Crippen LogP contribution in [0.5, 0.6) is 0 Å². The van der Waals surface area contributed by atoms with E-state index < -0.39 is 44.0 Å². The lowest BCUT2D eigenvalue weighted by molar-refractivity contribution is -0.385. The van der Waals surface area contributed by atoms with Gasteiger partial charge in [0.05, 0.1) is 14.7 Å². The molecule has 0 amide bonds. The predicted octanol–water partition coefficient (Wildman–Crippen LogP) is 2.62. The van der Waals surface area contributed by atoms with Crippen molar-refractivity contribution in [3.8, 4) is 0 Å². The highest BCUT2D eigenvalue weighted by Gasteiger charge is 2.20. The molecule has 2 aromatic rings. The molecule has 0 aliphatic heterocycles. The maximum atomic E-state index is 12.0. The van der Waals surface area contributed by atoms with Gasteiger partial charge in [-0.15, -0.1) is 0 Å². The summed E-state index contributed by atoms with van der Waals surface area (Å²) < 4.78 is 28.3. The second-order valence-corrected chi connectivity index (χ2v) is 8.06. The minimum atomic E-state index is -3.63. The molecule has 0 spiro atoms. The molecule has 1 N–H and O–H groups in total. The number of carbonyl (C=O) groups excluding carboxylic acids is 1. The fourth-order valence-corrected chi connectivity index (χ4v) is 3.05. The van der Waals surface area contributed by atoms with Crippen molar-refractivity contribution in [2.75, 3.05) is 18.1 Å². The fraction of sp³-hybridized carbons (Fsp3) is 0.235. The Morgan fingerprint density at radius 1 is 1.14 bits per heavy atom. The second-order valence-electron chi connectivity index (χ2n) is 6.05. The first kappa shape index (κ1) is 21.8. The average Bonchev–Trinajstić information content (AvgIpc) is 2.65. The molecule has 0 aromatic heterocycles. The highest BCUT2D eigenvalue weighted by atomic mass is 32.2. The van der Waals surface area contributed by atoms with Crippen molar-refractivity contribution in [2.24, 2.45) is 0 Å². The van der Waals surface area contributed by atoms with Crippen molar-refractivity contribution < 1.29 is 27.8 Å². The Kier molecular flexibility index (Phi) is 6.49. The molecule has 0 fully saturated rings. The maximum Gasteiger partial charge on any atom is 0.325 e. The number of nitro benzene ring substituents is 2. The van der Waals surface area contributed by atoms with Crippen molar-refractivity contribution in [3.63, 3.8) is 0 Å². The van der Waals surface area contributed by atoms with E-state index in [1.165, 1.54) is 37.3 Å². The first-order chi connectivity index (χ1) is 13.5. The number of sulfone groups is 1. The Balaban J connectivity index is 2.08. The average molecular weight is 423 g/mol. The monoisotopic (exact) mass is 423 g/mol. The zero-order chi connectivity index (χ0) is 21.8. The number of nitro groups is 2. The van der Waals surface area contributed by atoms with Gasteiger partial charge in [0.2, 0.25) is 0 Å². The van der Waals surface area contributed by atoms with Crippen LogP contribution in [0, 0.1) is 20.2 Å². The summed E-state index contributed by atoms with van der Waals surface area (Å²) in [6, 6.07) is 8.87. The molecule has 0 aliphatic carbocycles. The van der Waals surface area contributed by atoms with Crippen molar-refractivity contribution in [3.05, 3.63) is 68.3 Å². The molecule has 0 radical (unpaired) electrons. The number of esters is 1. The zero-order valence-corrected chi connectivity index (χ0v) is 16.2. The van der Waals surface area contributed by atoms with Gasteiger partial charge in [-0.05, 0) is 24.6 Å². The topological polar surface area (TPSA) is 159 Å². The van der Waals surface area contributed by atoms with Gasteiger partial charge in [0.25, 0.3) is 11.4 Å². The summed E-state index contributed by atoms with van der Waals surface area (Å²) in [6.07, 6.45) is 0.137. The zero-order valence-electron chi connectivity index (χ0n) is 15.4. The first-order valence-corrected chi connectivity index (χ1v) is 10.0. The fourth-order valence-electron chi connectivity index (χ4n) is 2.41. The van der Waals surface area contributed by atoms with Crippen LogP contribution in [0.15, 0.2) is 47.4 Å². The summed E-state index contributed by atoms with van der Waals surface area (Å²) in [5.74, 6) is -0.759. The number of benzene rings is 2. The van der Waals surface area contributed by atoms with E-state index in [0.717, 1.165) is 12.3 Å². The summed E-state index contributed by atoms with van der Waals surface area (Å²) >= 11 is 0. The molecular weight excluding hydrogens is 406 g/mol. The van der Waals surface area contributed by atoms with E-state index in [1.54, 1.807) is 6.07 Å². The molecule has 11 nitrogen and oxygen atoms in total. The van der Waals surface area contributed by atoms with Crippen LogP contribution in [0.2, 0.25) is 0 Å². The normalized spacial score (nSPS) is 12.1. The number of hydrogen-bond donors (Lipinski definition) is 1. The number of anilines is 1. The molecule has 2 aromatic carbocycles. The van der Waals surface area contributed by atoms with E-state index in [9.17, 15) is 33.4 Å². The molecule has 2 rings (SSSR count). The van der Waals surface area contributed by atoms with Crippen LogP contribution in [0.1, 0.15) is 18.6 Å². The van der Waals surface area contributed by atoms with Crippen LogP contribution in [0.3, 0.4) is 0 Å². The minimum absolute atomic E-state index is 0.0534. The third-order valence-corrected chi connectivity index (χ3v) is 4.99. The van der Waals surface area contributed by atoms with Crippen LogP contribution in [0.4, 0.5) is 17.1 Å². The molecule has 1 atom stereocenters. The van der Waals surface area contributed by atoms with Crippen LogP contribution in [-0.4, -0.2) is 37.0 Å². The summed E-state index contributed by atoms with van der Waals surface area (Å²) in [6.45, 7) is 1.10. The highest BCUT2D eigenvalue weighted by Crippen LogP contribution is 2.28. The third-order valence-electron chi connectivity index (χ3n) is 3.88. The summed E-state index contributed by atoms with van der Waals surface area (Å²) in [5.41, 5.74) is -0.295. The van der Waals surface area contributed by atoms with E-state index in [0.29, 0.717) is 5.56 Å². The molecule has 1 unspecified atom stereocenters. The number of carbonyl (C=O) groups is 1. The molecule has 0 bridgehead atoms. The van der Waals surface area contributed by atoms with Crippen molar-refractivity contribution in [2.45, 2.75) is 17.9 Å². The number of hydrogen-bond acceptors (Lipinski definition) is 9. The highest BCUT2D eigenvalue weighted by molar-refractivity contribution is 7.90. The molecule has 0 saturated carbocycles. The Bertz CT molecular complexity index is 1070. The summed E-state index contributed by atoms with van der Waals surface area (Å²) in [4.78, 5) is 32.5. The summed E-state index contributed by atoms with van der Waals surface area (Å²) in [7, 11) is -3.63. The van der Waals surface area contributed by atoms with Gasteiger partial charge in [-0.25, -0.2) is 8.42 Å². The largest absolute Gasteiger partial charge is 0.456 e. The van der Waals surface area contributed by atoms with Gasteiger partial charge in [-0.2, -0.15) is 0 Å². The van der Waals surface area contributed by atoms with E-state index in [-0.39, 0.29) is 16.3 Å². The quantitative estimate of drug-likeness (QED) is 0.382. The molecule has 154 valence electrons. The van der Waals surface area contributed by atoms with E-state index in [2.05, 4.69) is 5.32 Å². The van der Waals surface area contributed by atoms with Crippen molar-refractivity contribution in [1.29, 1.82) is 0 Å². The number of nitrogens with zero attached hydrogens (tertiary/aromatic N) is 2. The predicted molar refractivity (Wildman–Crippen MR) is 102 cm³/mol. The second kappa shape index (κ2) is 8.65. The van der Waals surface area contributed by atoms with Gasteiger partial charge in [-0.1, -0.05) is 12.1 Å². The summed E-state index contributed by atoms with van der Waals surface area (Å²) in [5, 5.41) is 24.6. The SMILES string of the molecule is CC(OC(=O)CNc1ccc(S(C)(=O)=O)cc1[N+](=O)[O-])c1cccc([N+](=O)[O-])c1. The molecule has 0 aliphatic rings. The van der Waals surface area contributed by atoms with Crippen LogP contribution >= 0.6 is 0 Å². The number of non-ortho nitro benzene ring substituents is 1. The molecule has 0 saturated heterocycles. The number of nitrogens with one attached hydrogen (secondary N) is 1. The first-order valence-electron chi connectivity index (χ1n) is 8.15. The molecule has 29 heavy (non-hydrogen) atoms. The van der Waals surface area contributed by atoms with Gasteiger partial charge in [0, 0.05) is 24.5 Å². The van der Waals surface area contributed by atoms with E-state index in [1.807, 2.05) is 0 Å². The van der Waals surface area contributed by atoms with Gasteiger partial charge in [-0.3, -0.25) is 25.0 Å². The Labute approximate surface area is 165 Å². The number of rotatable bonds is 8. The minimum Gasteiger partial charge on any atom is -0.456 e. The lowest BCUT2D eigenvalue weighted by atomic mass is 10.1. The van der Waals surface area contributed by atoms with Gasteiger partial charge in [0.15, 0.2) is 9.84 Å². The van der Waals surface area contributed by atoms with Crippen LogP contribution in [-0.2, 0) is 19.4 Å². The van der Waals surface area contributed by atoms with Gasteiger partial charge >= 0.3 is 5.97 Å². The van der Waals surface area contributed by atoms with Crippen molar-refractivity contribution >= 4 is 32.9 Å². The van der Waals surface area contributed by atoms with Crippen molar-refractivity contribution in [1.82, 2.24) is 0 Å². The van der Waals surface area contributed by atoms with E-state index in [4.69, 9.17) is 4.74 Å². The van der Waals surface area contributed by atoms with Crippen LogP contribution in [0.25, 0.3) is 0 Å². The smallest absolute Gasteiger partial charge is 0.325 e. The Hall–Kier alpha value is -3.54. The standard InChI is InChI=1S/C17H17N3O8S/c1-11(12-4-3-5-13(8-12)19(22)23)28-17(21)10-18-15-7-6-14(29(2,26)27)9-16(15)20(24)25/h3-9,11,18H,10H2,1-2H3. The number of ether oxygens (including phenoxy) is 1. The third kappa shape index (κ3) is 5.72. The maximum absolute atomic E-state index is 12.0. The molecular formula is C17H17N3O8S. The lowest BCUT2D eigenvalue weighted by Gasteiger charge is -2.14. The van der Waals surface area contributed by atoms with Crippen LogP contribution < -0.4 is 5.32 Å². The van der Waals surface area contributed by atoms with E-state index >= 15 is 0 Å². The van der Waals surface area contributed by atoms with Gasteiger partial charge in [0.1, 0.15) is 18.3 Å². The van der Waals surface area contributed by atoms with Gasteiger partial charge < -0.3 is 10.1 Å². The molecule has 0 heterocycles. The Morgan fingerprint density at radius 3 is 2.41 bits per heavy atom. The lowest BCUT2D eigenvalue weighted by Crippen LogP contribution is -2.19.